The van der Waals surface area contributed by atoms with E-state index in [1.54, 1.807) is 16.4 Å². The lowest BCUT2D eigenvalue weighted by Gasteiger charge is -2.35. The summed E-state index contributed by atoms with van der Waals surface area (Å²) in [6, 6.07) is 17.0. The lowest BCUT2D eigenvalue weighted by atomic mass is 9.98. The molecule has 2 aromatic carbocycles. The zero-order valence-electron chi connectivity index (χ0n) is 12.8. The third-order valence-electron chi connectivity index (χ3n) is 4.27. The maximum absolute atomic E-state index is 13.0. The molecule has 1 atom stereocenters. The predicted molar refractivity (Wildman–Crippen MR) is 88.1 cm³/mol. The second-order valence-corrected chi connectivity index (χ2v) is 7.74. The van der Waals surface area contributed by atoms with Gasteiger partial charge in [0.05, 0.1) is 10.9 Å². The molecule has 0 radical (unpaired) electrons. The van der Waals surface area contributed by atoms with E-state index in [9.17, 15) is 8.42 Å². The van der Waals surface area contributed by atoms with Crippen molar-refractivity contribution in [3.8, 4) is 0 Å². The normalized spacial score (nSPS) is 20.0. The van der Waals surface area contributed by atoms with Crippen LogP contribution in [-0.4, -0.2) is 19.3 Å². The Morgan fingerprint density at radius 2 is 1.64 bits per heavy atom. The number of piperidine rings is 1. The molecule has 116 valence electrons. The summed E-state index contributed by atoms with van der Waals surface area (Å²) < 4.78 is 27.7. The summed E-state index contributed by atoms with van der Waals surface area (Å²) in [6.45, 7) is 2.56. The Kier molecular flexibility index (Phi) is 4.32. The predicted octanol–water partition coefficient (Wildman–Crippen LogP) is 3.91. The van der Waals surface area contributed by atoms with E-state index in [0.29, 0.717) is 11.4 Å². The molecule has 0 spiro atoms. The standard InChI is InChI=1S/C18H21NO2S/c1-15-10-12-17(13-11-15)22(20,21)19-14-6-5-9-18(19)16-7-3-2-4-8-16/h2-4,7-8,10-13,18H,5-6,9,14H2,1H3. The van der Waals surface area contributed by atoms with Gasteiger partial charge in [0, 0.05) is 6.54 Å². The van der Waals surface area contributed by atoms with Crippen LogP contribution < -0.4 is 0 Å². The second kappa shape index (κ2) is 6.23. The minimum absolute atomic E-state index is 0.0544. The van der Waals surface area contributed by atoms with E-state index < -0.39 is 10.0 Å². The van der Waals surface area contributed by atoms with E-state index in [-0.39, 0.29) is 6.04 Å². The SMILES string of the molecule is Cc1ccc(S(=O)(=O)N2CCCCC2c2ccccc2)cc1. The molecule has 3 nitrogen and oxygen atoms in total. The van der Waals surface area contributed by atoms with Crippen LogP contribution >= 0.6 is 0 Å². The Bertz CT molecular complexity index is 723. The first kappa shape index (κ1) is 15.3. The van der Waals surface area contributed by atoms with Gasteiger partial charge in [0.1, 0.15) is 0 Å². The van der Waals surface area contributed by atoms with Gasteiger partial charge in [-0.3, -0.25) is 0 Å². The summed E-state index contributed by atoms with van der Waals surface area (Å²) in [5, 5.41) is 0. The topological polar surface area (TPSA) is 37.4 Å². The molecule has 0 amide bonds. The Hall–Kier alpha value is -1.65. The number of nitrogens with zero attached hydrogens (tertiary/aromatic N) is 1. The maximum Gasteiger partial charge on any atom is 0.243 e. The van der Waals surface area contributed by atoms with Gasteiger partial charge in [-0.2, -0.15) is 4.31 Å². The van der Waals surface area contributed by atoms with E-state index in [1.807, 2.05) is 49.4 Å². The van der Waals surface area contributed by atoms with Crippen molar-refractivity contribution in [1.29, 1.82) is 0 Å². The van der Waals surface area contributed by atoms with Gasteiger partial charge < -0.3 is 0 Å². The Morgan fingerprint density at radius 3 is 2.32 bits per heavy atom. The third-order valence-corrected chi connectivity index (χ3v) is 6.19. The molecule has 0 saturated carbocycles. The number of hydrogen-bond acceptors (Lipinski definition) is 2. The first-order valence-corrected chi connectivity index (χ1v) is 9.16. The number of rotatable bonds is 3. The van der Waals surface area contributed by atoms with Gasteiger partial charge in [-0.25, -0.2) is 8.42 Å². The maximum atomic E-state index is 13.0. The van der Waals surface area contributed by atoms with E-state index in [1.165, 1.54) is 0 Å². The zero-order chi connectivity index (χ0) is 15.6. The van der Waals surface area contributed by atoms with Gasteiger partial charge in [-0.15, -0.1) is 0 Å². The summed E-state index contributed by atoms with van der Waals surface area (Å²) >= 11 is 0. The van der Waals surface area contributed by atoms with Crippen molar-refractivity contribution >= 4 is 10.0 Å². The second-order valence-electron chi connectivity index (χ2n) is 5.85. The van der Waals surface area contributed by atoms with Gasteiger partial charge in [0.25, 0.3) is 0 Å². The van der Waals surface area contributed by atoms with Crippen LogP contribution in [0.1, 0.15) is 36.4 Å². The minimum atomic E-state index is -3.44. The fourth-order valence-electron chi connectivity index (χ4n) is 3.05. The van der Waals surface area contributed by atoms with Crippen LogP contribution in [-0.2, 0) is 10.0 Å². The molecule has 22 heavy (non-hydrogen) atoms. The van der Waals surface area contributed by atoms with Crippen LogP contribution in [0.3, 0.4) is 0 Å². The van der Waals surface area contributed by atoms with Crippen molar-refractivity contribution in [1.82, 2.24) is 4.31 Å². The van der Waals surface area contributed by atoms with Crippen LogP contribution in [0.25, 0.3) is 0 Å². The molecular formula is C18H21NO2S. The van der Waals surface area contributed by atoms with Crippen LogP contribution in [0.4, 0.5) is 0 Å². The van der Waals surface area contributed by atoms with Crippen molar-refractivity contribution in [2.24, 2.45) is 0 Å². The summed E-state index contributed by atoms with van der Waals surface area (Å²) in [6.07, 6.45) is 2.88. The highest BCUT2D eigenvalue weighted by Crippen LogP contribution is 2.35. The van der Waals surface area contributed by atoms with Crippen LogP contribution in [0, 0.1) is 6.92 Å². The minimum Gasteiger partial charge on any atom is -0.207 e. The molecule has 0 bridgehead atoms. The Morgan fingerprint density at radius 1 is 0.955 bits per heavy atom. The summed E-state index contributed by atoms with van der Waals surface area (Å²) in [5.74, 6) is 0. The van der Waals surface area contributed by atoms with E-state index in [2.05, 4.69) is 0 Å². The van der Waals surface area contributed by atoms with Gasteiger partial charge in [0.15, 0.2) is 0 Å². The van der Waals surface area contributed by atoms with E-state index in [0.717, 1.165) is 30.4 Å². The Balaban J connectivity index is 1.98. The summed E-state index contributed by atoms with van der Waals surface area (Å²) in [5.41, 5.74) is 2.15. The molecule has 0 aromatic heterocycles. The lowest BCUT2D eigenvalue weighted by molar-refractivity contribution is 0.256. The first-order chi connectivity index (χ1) is 10.6. The van der Waals surface area contributed by atoms with E-state index >= 15 is 0 Å². The Labute approximate surface area is 132 Å². The van der Waals surface area contributed by atoms with Gasteiger partial charge in [0.2, 0.25) is 10.0 Å². The molecule has 1 saturated heterocycles. The number of benzene rings is 2. The van der Waals surface area contributed by atoms with Crippen molar-refractivity contribution in [3.05, 3.63) is 65.7 Å². The molecule has 1 aliphatic rings. The van der Waals surface area contributed by atoms with Crippen molar-refractivity contribution in [2.75, 3.05) is 6.54 Å². The average Bonchev–Trinajstić information content (AvgIpc) is 2.56. The number of hydrogen-bond donors (Lipinski definition) is 0. The monoisotopic (exact) mass is 315 g/mol. The molecule has 2 aromatic rings. The fourth-order valence-corrected chi connectivity index (χ4v) is 4.73. The van der Waals surface area contributed by atoms with Crippen molar-refractivity contribution in [3.63, 3.8) is 0 Å². The molecule has 1 fully saturated rings. The van der Waals surface area contributed by atoms with Gasteiger partial charge in [-0.1, -0.05) is 54.4 Å². The highest BCUT2D eigenvalue weighted by Gasteiger charge is 2.34. The van der Waals surface area contributed by atoms with Crippen LogP contribution in [0.5, 0.6) is 0 Å². The molecule has 0 N–H and O–H groups in total. The molecular weight excluding hydrogens is 294 g/mol. The van der Waals surface area contributed by atoms with Crippen molar-refractivity contribution in [2.45, 2.75) is 37.1 Å². The molecule has 3 rings (SSSR count). The first-order valence-electron chi connectivity index (χ1n) is 7.72. The molecule has 1 unspecified atom stereocenters. The molecule has 1 heterocycles. The largest absolute Gasteiger partial charge is 0.243 e. The third kappa shape index (κ3) is 2.94. The van der Waals surface area contributed by atoms with Gasteiger partial charge >= 0.3 is 0 Å². The zero-order valence-corrected chi connectivity index (χ0v) is 13.6. The molecule has 1 aliphatic heterocycles. The number of aryl methyl sites for hydroxylation is 1. The van der Waals surface area contributed by atoms with Crippen LogP contribution in [0.15, 0.2) is 59.5 Å². The van der Waals surface area contributed by atoms with E-state index in [4.69, 9.17) is 0 Å². The highest BCUT2D eigenvalue weighted by atomic mass is 32.2. The average molecular weight is 315 g/mol. The summed E-state index contributed by atoms with van der Waals surface area (Å²) in [4.78, 5) is 0.390. The van der Waals surface area contributed by atoms with Crippen LogP contribution in [0.2, 0.25) is 0 Å². The smallest absolute Gasteiger partial charge is 0.207 e. The lowest BCUT2D eigenvalue weighted by Crippen LogP contribution is -2.38. The van der Waals surface area contributed by atoms with Gasteiger partial charge in [-0.05, 0) is 37.5 Å². The quantitative estimate of drug-likeness (QED) is 0.861. The molecule has 0 aliphatic carbocycles. The summed E-state index contributed by atoms with van der Waals surface area (Å²) in [7, 11) is -3.44. The van der Waals surface area contributed by atoms with Crippen molar-refractivity contribution < 1.29 is 8.42 Å². The number of sulfonamides is 1. The fraction of sp³-hybridized carbons (Fsp3) is 0.333. The molecule has 4 heteroatoms. The highest BCUT2D eigenvalue weighted by molar-refractivity contribution is 7.89.